The van der Waals surface area contributed by atoms with Gasteiger partial charge in [0.2, 0.25) is 0 Å². The number of hydrogen-bond acceptors (Lipinski definition) is 3. The molecule has 4 heteroatoms. The van der Waals surface area contributed by atoms with Crippen LogP contribution in [0.25, 0.3) is 0 Å². The molecule has 3 fully saturated rings. The van der Waals surface area contributed by atoms with Gasteiger partial charge < -0.3 is 16.3 Å². The zero-order chi connectivity index (χ0) is 14.6. The van der Waals surface area contributed by atoms with Crippen molar-refractivity contribution in [2.45, 2.75) is 38.8 Å². The topological polar surface area (TPSA) is 70.6 Å². The van der Waals surface area contributed by atoms with Crippen LogP contribution in [0.3, 0.4) is 0 Å². The zero-order valence-electron chi connectivity index (χ0n) is 12.4. The molecule has 0 spiro atoms. The molecule has 2 bridgehead atoms. The molecule has 0 aliphatic heterocycles. The maximum atomic E-state index is 8.73. The van der Waals surface area contributed by atoms with Crippen molar-refractivity contribution in [1.29, 1.82) is 0 Å². The molecule has 21 heavy (non-hydrogen) atoms. The predicted octanol–water partition coefficient (Wildman–Crippen LogP) is 2.22. The van der Waals surface area contributed by atoms with Crippen LogP contribution in [0.15, 0.2) is 23.4 Å². The summed E-state index contributed by atoms with van der Waals surface area (Å²) in [5.41, 5.74) is 8.91. The first kappa shape index (κ1) is 13.1. The first-order valence-corrected chi connectivity index (χ1v) is 8.00. The molecule has 4 nitrogen and oxygen atoms in total. The van der Waals surface area contributed by atoms with Crippen molar-refractivity contribution in [2.75, 3.05) is 0 Å². The lowest BCUT2D eigenvalue weighted by Gasteiger charge is -2.12. The Morgan fingerprint density at radius 2 is 2.05 bits per heavy atom. The highest BCUT2D eigenvalue weighted by Crippen LogP contribution is 2.65. The van der Waals surface area contributed by atoms with Gasteiger partial charge in [0.05, 0.1) is 0 Å². The third kappa shape index (κ3) is 2.04. The third-order valence-corrected chi connectivity index (χ3v) is 6.01. The van der Waals surface area contributed by atoms with Crippen LogP contribution < -0.4 is 11.1 Å². The summed E-state index contributed by atoms with van der Waals surface area (Å²) in [4.78, 5) is 0. The molecule has 0 radical (unpaired) electrons. The molecule has 0 aromatic heterocycles. The summed E-state index contributed by atoms with van der Waals surface area (Å²) in [6, 6.07) is 6.77. The number of hydrogen-bond donors (Lipinski definition) is 3. The van der Waals surface area contributed by atoms with Gasteiger partial charge in [-0.2, -0.15) is 0 Å². The average molecular weight is 285 g/mol. The van der Waals surface area contributed by atoms with Crippen LogP contribution >= 0.6 is 0 Å². The Morgan fingerprint density at radius 3 is 2.67 bits per heavy atom. The second kappa shape index (κ2) is 4.73. The molecule has 4 unspecified atom stereocenters. The number of nitrogens with two attached hydrogens (primary N) is 1. The molecule has 112 valence electrons. The van der Waals surface area contributed by atoms with E-state index in [1.807, 2.05) is 12.1 Å². The Kier molecular flexibility index (Phi) is 2.96. The molecule has 3 aliphatic carbocycles. The van der Waals surface area contributed by atoms with Crippen LogP contribution in [0.1, 0.15) is 36.0 Å². The molecule has 1 aromatic carbocycles. The Labute approximate surface area is 125 Å². The summed E-state index contributed by atoms with van der Waals surface area (Å²) < 4.78 is 0. The van der Waals surface area contributed by atoms with Gasteiger partial charge in [-0.15, -0.1) is 0 Å². The van der Waals surface area contributed by atoms with Gasteiger partial charge in [-0.3, -0.25) is 0 Å². The summed E-state index contributed by atoms with van der Waals surface area (Å²) in [5, 5.41) is 15.6. The van der Waals surface area contributed by atoms with Crippen LogP contribution in [0.2, 0.25) is 0 Å². The second-order valence-electron chi connectivity index (χ2n) is 7.02. The average Bonchev–Trinajstić information content (AvgIpc) is 2.88. The van der Waals surface area contributed by atoms with E-state index in [9.17, 15) is 0 Å². The molecule has 4 atom stereocenters. The number of nitrogens with one attached hydrogen (secondary N) is 1. The molecule has 4 rings (SSSR count). The van der Waals surface area contributed by atoms with Gasteiger partial charge in [-0.1, -0.05) is 17.3 Å². The first-order valence-electron chi connectivity index (χ1n) is 8.00. The largest absolute Gasteiger partial charge is 0.409 e. The minimum absolute atomic E-state index is 0.172. The van der Waals surface area contributed by atoms with E-state index < -0.39 is 0 Å². The van der Waals surface area contributed by atoms with Gasteiger partial charge in [0.15, 0.2) is 5.84 Å². The third-order valence-electron chi connectivity index (χ3n) is 6.01. The minimum atomic E-state index is 0.172. The van der Waals surface area contributed by atoms with Gasteiger partial charge >= 0.3 is 0 Å². The Morgan fingerprint density at radius 1 is 1.33 bits per heavy atom. The molecule has 4 N–H and O–H groups in total. The van der Waals surface area contributed by atoms with E-state index in [-0.39, 0.29) is 5.84 Å². The molecule has 0 amide bonds. The highest BCUT2D eigenvalue weighted by atomic mass is 16.4. The van der Waals surface area contributed by atoms with Gasteiger partial charge in [-0.05, 0) is 67.1 Å². The fraction of sp³-hybridized carbons (Fsp3) is 0.588. The van der Waals surface area contributed by atoms with E-state index in [1.165, 1.54) is 30.4 Å². The number of aryl methyl sites for hydroxylation is 1. The fourth-order valence-corrected chi connectivity index (χ4v) is 4.94. The molecule has 1 aromatic rings. The first-order chi connectivity index (χ1) is 10.2. The minimum Gasteiger partial charge on any atom is -0.409 e. The smallest absolute Gasteiger partial charge is 0.170 e. The number of amidine groups is 1. The van der Waals surface area contributed by atoms with Crippen molar-refractivity contribution in [2.24, 2.45) is 34.6 Å². The standard InChI is InChI=1S/C17H23N3O/c1-9-6-12(17(18)20-21)4-5-13(9)8-19-16-14-10-2-3-11(7-10)15(14)16/h4-6,10-11,14-16,19,21H,2-3,7-8H2,1H3,(H2,18,20). The van der Waals surface area contributed by atoms with E-state index in [0.717, 1.165) is 41.8 Å². The van der Waals surface area contributed by atoms with Crippen LogP contribution in [-0.4, -0.2) is 17.1 Å². The van der Waals surface area contributed by atoms with Crippen molar-refractivity contribution in [3.05, 3.63) is 34.9 Å². The maximum Gasteiger partial charge on any atom is 0.170 e. The number of benzene rings is 1. The molecule has 3 saturated carbocycles. The molecule has 0 heterocycles. The highest BCUT2D eigenvalue weighted by Gasteiger charge is 2.64. The quantitative estimate of drug-likeness (QED) is 0.344. The normalized spacial score (nSPS) is 36.8. The highest BCUT2D eigenvalue weighted by molar-refractivity contribution is 5.97. The maximum absolute atomic E-state index is 8.73. The van der Waals surface area contributed by atoms with Crippen LogP contribution in [-0.2, 0) is 6.54 Å². The van der Waals surface area contributed by atoms with Crippen LogP contribution in [0.5, 0.6) is 0 Å². The van der Waals surface area contributed by atoms with E-state index in [1.54, 1.807) is 0 Å². The van der Waals surface area contributed by atoms with Crippen molar-refractivity contribution < 1.29 is 5.21 Å². The van der Waals surface area contributed by atoms with Crippen molar-refractivity contribution in [3.8, 4) is 0 Å². The van der Waals surface area contributed by atoms with E-state index in [0.29, 0.717) is 0 Å². The van der Waals surface area contributed by atoms with Crippen LogP contribution in [0.4, 0.5) is 0 Å². The van der Waals surface area contributed by atoms with Gasteiger partial charge in [0.25, 0.3) is 0 Å². The lowest BCUT2D eigenvalue weighted by molar-refractivity contribution is 0.318. The summed E-state index contributed by atoms with van der Waals surface area (Å²) in [6.07, 6.45) is 4.44. The van der Waals surface area contributed by atoms with E-state index in [2.05, 4.69) is 23.5 Å². The monoisotopic (exact) mass is 285 g/mol. The summed E-state index contributed by atoms with van der Waals surface area (Å²) >= 11 is 0. The van der Waals surface area contributed by atoms with Crippen molar-refractivity contribution >= 4 is 5.84 Å². The number of fused-ring (bicyclic) bond motifs is 5. The summed E-state index contributed by atoms with van der Waals surface area (Å²) in [5.74, 6) is 4.15. The predicted molar refractivity (Wildman–Crippen MR) is 82.1 cm³/mol. The van der Waals surface area contributed by atoms with Crippen LogP contribution in [0, 0.1) is 30.6 Å². The van der Waals surface area contributed by atoms with Gasteiger partial charge in [0.1, 0.15) is 0 Å². The van der Waals surface area contributed by atoms with E-state index in [4.69, 9.17) is 10.9 Å². The van der Waals surface area contributed by atoms with Gasteiger partial charge in [-0.25, -0.2) is 0 Å². The van der Waals surface area contributed by atoms with Gasteiger partial charge in [0, 0.05) is 18.2 Å². The summed E-state index contributed by atoms with van der Waals surface area (Å²) in [6.45, 7) is 3.02. The molecular weight excluding hydrogens is 262 g/mol. The molecule has 0 saturated heterocycles. The molecular formula is C17H23N3O. The van der Waals surface area contributed by atoms with Crippen molar-refractivity contribution in [1.82, 2.24) is 5.32 Å². The number of nitrogens with zero attached hydrogens (tertiary/aromatic N) is 1. The molecule has 3 aliphatic rings. The SMILES string of the molecule is Cc1cc(/C(N)=N/O)ccc1CNC1C2C3CCC(C3)C12. The zero-order valence-corrected chi connectivity index (χ0v) is 12.4. The van der Waals surface area contributed by atoms with E-state index >= 15 is 0 Å². The second-order valence-corrected chi connectivity index (χ2v) is 7.02. The van der Waals surface area contributed by atoms with Crippen molar-refractivity contribution in [3.63, 3.8) is 0 Å². The Hall–Kier alpha value is -1.55. The number of oxime groups is 1. The Balaban J connectivity index is 1.40. The summed E-state index contributed by atoms with van der Waals surface area (Å²) in [7, 11) is 0. The Bertz CT molecular complexity index is 582. The number of rotatable bonds is 4. The fourth-order valence-electron chi connectivity index (χ4n) is 4.94. The lowest BCUT2D eigenvalue weighted by atomic mass is 10.0. The lowest BCUT2D eigenvalue weighted by Crippen LogP contribution is -2.23.